The molecule has 0 aliphatic rings. The first-order chi connectivity index (χ1) is 23.7. The van der Waals surface area contributed by atoms with E-state index in [9.17, 15) is 15.0 Å². The zero-order valence-electron chi connectivity index (χ0n) is 31.7. The van der Waals surface area contributed by atoms with Crippen LogP contribution < -0.4 is 5.32 Å². The van der Waals surface area contributed by atoms with Crippen LogP contribution in [0.3, 0.4) is 0 Å². The van der Waals surface area contributed by atoms with Crippen molar-refractivity contribution >= 4 is 5.91 Å². The van der Waals surface area contributed by atoms with Crippen LogP contribution in [-0.2, 0) is 4.79 Å². The van der Waals surface area contributed by atoms with E-state index < -0.39 is 12.1 Å². The third-order valence-corrected chi connectivity index (χ3v) is 8.95. The molecular formula is C44H79NO3. The molecule has 4 heteroatoms. The van der Waals surface area contributed by atoms with Gasteiger partial charge in [-0.15, -0.1) is 0 Å². The summed E-state index contributed by atoms with van der Waals surface area (Å²) in [6.07, 6.45) is 54.6. The Morgan fingerprint density at radius 2 is 0.875 bits per heavy atom. The predicted molar refractivity (Wildman–Crippen MR) is 211 cm³/mol. The van der Waals surface area contributed by atoms with E-state index in [1.807, 2.05) is 6.08 Å². The Morgan fingerprint density at radius 1 is 0.500 bits per heavy atom. The lowest BCUT2D eigenvalue weighted by Crippen LogP contribution is -2.45. The van der Waals surface area contributed by atoms with Gasteiger partial charge in [-0.25, -0.2) is 0 Å². The van der Waals surface area contributed by atoms with Gasteiger partial charge in [-0.2, -0.15) is 0 Å². The fourth-order valence-corrected chi connectivity index (χ4v) is 5.77. The Bertz CT molecular complexity index is 812. The van der Waals surface area contributed by atoms with Crippen LogP contribution in [0.1, 0.15) is 194 Å². The molecule has 0 aromatic carbocycles. The third-order valence-electron chi connectivity index (χ3n) is 8.95. The van der Waals surface area contributed by atoms with Gasteiger partial charge in [0.15, 0.2) is 0 Å². The number of rotatable bonds is 36. The highest BCUT2D eigenvalue weighted by Crippen LogP contribution is 2.12. The zero-order valence-corrected chi connectivity index (χ0v) is 31.7. The number of hydrogen-bond acceptors (Lipinski definition) is 3. The average molecular weight is 670 g/mol. The molecule has 2 unspecified atom stereocenters. The van der Waals surface area contributed by atoms with Crippen LogP contribution in [0.25, 0.3) is 0 Å². The second-order valence-corrected chi connectivity index (χ2v) is 13.7. The van der Waals surface area contributed by atoms with E-state index in [2.05, 4.69) is 67.8 Å². The van der Waals surface area contributed by atoms with Crippen LogP contribution in [0.4, 0.5) is 0 Å². The lowest BCUT2D eigenvalue weighted by atomic mass is 10.1. The molecule has 0 saturated heterocycles. The van der Waals surface area contributed by atoms with E-state index in [4.69, 9.17) is 0 Å². The van der Waals surface area contributed by atoms with Crippen molar-refractivity contribution in [1.29, 1.82) is 0 Å². The summed E-state index contributed by atoms with van der Waals surface area (Å²) in [4.78, 5) is 12.3. The van der Waals surface area contributed by atoms with Crippen molar-refractivity contribution in [2.24, 2.45) is 0 Å². The minimum Gasteiger partial charge on any atom is -0.394 e. The molecule has 0 spiro atoms. The Balaban J connectivity index is 3.65. The first kappa shape index (κ1) is 46.1. The summed E-state index contributed by atoms with van der Waals surface area (Å²) >= 11 is 0. The molecular weight excluding hydrogens is 590 g/mol. The lowest BCUT2D eigenvalue weighted by Gasteiger charge is -2.19. The highest BCUT2D eigenvalue weighted by atomic mass is 16.3. The largest absolute Gasteiger partial charge is 0.394 e. The molecule has 0 rings (SSSR count). The second-order valence-electron chi connectivity index (χ2n) is 13.7. The normalized spacial score (nSPS) is 13.7. The number of amides is 1. The summed E-state index contributed by atoms with van der Waals surface area (Å²) in [5.41, 5.74) is 0. The highest BCUT2D eigenvalue weighted by molar-refractivity contribution is 5.76. The van der Waals surface area contributed by atoms with Crippen molar-refractivity contribution in [3.63, 3.8) is 0 Å². The van der Waals surface area contributed by atoms with Crippen LogP contribution in [0.15, 0.2) is 60.8 Å². The molecule has 0 radical (unpaired) electrons. The number of aliphatic hydroxyl groups is 2. The molecule has 0 aliphatic carbocycles. The summed E-state index contributed by atoms with van der Waals surface area (Å²) in [5.74, 6) is -0.0889. The van der Waals surface area contributed by atoms with Gasteiger partial charge in [0.25, 0.3) is 0 Å². The molecule has 0 fully saturated rings. The number of aliphatic hydroxyl groups excluding tert-OH is 2. The van der Waals surface area contributed by atoms with Gasteiger partial charge >= 0.3 is 0 Å². The van der Waals surface area contributed by atoms with E-state index in [1.54, 1.807) is 6.08 Å². The van der Waals surface area contributed by atoms with Crippen molar-refractivity contribution in [3.05, 3.63) is 60.8 Å². The quantitative estimate of drug-likeness (QED) is 0.0459. The lowest BCUT2D eigenvalue weighted by molar-refractivity contribution is -0.123. The maximum absolute atomic E-state index is 12.3. The molecule has 0 bridgehead atoms. The van der Waals surface area contributed by atoms with Gasteiger partial charge < -0.3 is 15.5 Å². The highest BCUT2D eigenvalue weighted by Gasteiger charge is 2.17. The maximum atomic E-state index is 12.3. The Morgan fingerprint density at radius 3 is 1.38 bits per heavy atom. The Labute approximate surface area is 298 Å². The number of carbonyl (C=O) groups excluding carboxylic acids is 1. The predicted octanol–water partition coefficient (Wildman–Crippen LogP) is 12.6. The van der Waals surface area contributed by atoms with Crippen molar-refractivity contribution < 1.29 is 15.0 Å². The minimum atomic E-state index is -0.874. The fraction of sp³-hybridized carbons (Fsp3) is 0.750. The smallest absolute Gasteiger partial charge is 0.220 e. The molecule has 0 aliphatic heterocycles. The zero-order chi connectivity index (χ0) is 35.0. The van der Waals surface area contributed by atoms with E-state index in [0.717, 1.165) is 51.4 Å². The van der Waals surface area contributed by atoms with E-state index >= 15 is 0 Å². The Kier molecular flexibility index (Phi) is 38.0. The van der Waals surface area contributed by atoms with Gasteiger partial charge in [0.2, 0.25) is 5.91 Å². The van der Waals surface area contributed by atoms with Gasteiger partial charge in [-0.1, -0.05) is 171 Å². The molecule has 48 heavy (non-hydrogen) atoms. The summed E-state index contributed by atoms with van der Waals surface area (Å²) in [6.45, 7) is 4.24. The van der Waals surface area contributed by atoms with Gasteiger partial charge in [0, 0.05) is 6.42 Å². The average Bonchev–Trinajstić information content (AvgIpc) is 3.09. The van der Waals surface area contributed by atoms with E-state index in [1.165, 1.54) is 122 Å². The number of unbranched alkanes of at least 4 members (excludes halogenated alkanes) is 21. The Hall–Kier alpha value is -1.91. The first-order valence-electron chi connectivity index (χ1n) is 20.5. The van der Waals surface area contributed by atoms with Crippen LogP contribution in [0.2, 0.25) is 0 Å². The van der Waals surface area contributed by atoms with Gasteiger partial charge in [-0.05, 0) is 77.0 Å². The van der Waals surface area contributed by atoms with E-state index in [0.29, 0.717) is 6.42 Å². The summed E-state index contributed by atoms with van der Waals surface area (Å²) in [5, 5.41) is 22.9. The minimum absolute atomic E-state index is 0.0889. The first-order valence-corrected chi connectivity index (χ1v) is 20.5. The van der Waals surface area contributed by atoms with Crippen molar-refractivity contribution in [2.75, 3.05) is 6.61 Å². The number of nitrogens with one attached hydrogen (secondary N) is 1. The van der Waals surface area contributed by atoms with Crippen LogP contribution in [0.5, 0.6) is 0 Å². The van der Waals surface area contributed by atoms with Crippen molar-refractivity contribution in [2.45, 2.75) is 206 Å². The number of carbonyl (C=O) groups is 1. The molecule has 0 saturated carbocycles. The molecule has 278 valence electrons. The monoisotopic (exact) mass is 670 g/mol. The molecule has 1 amide bonds. The summed E-state index contributed by atoms with van der Waals surface area (Å²) < 4.78 is 0. The van der Waals surface area contributed by atoms with Crippen molar-refractivity contribution in [3.8, 4) is 0 Å². The van der Waals surface area contributed by atoms with Crippen LogP contribution >= 0.6 is 0 Å². The number of allylic oxidation sites excluding steroid dienone is 9. The molecule has 0 aromatic rings. The summed E-state index contributed by atoms with van der Waals surface area (Å²) in [7, 11) is 0. The SMILES string of the molecule is CCCCC/C=C/CC/C=C/CC/C=C/C(O)C(CO)NC(=O)CCCCCCCCC/C=C\C/C=C\CCCCCCCCCCC. The van der Waals surface area contributed by atoms with Gasteiger partial charge in [0.05, 0.1) is 18.8 Å². The van der Waals surface area contributed by atoms with Gasteiger partial charge in [-0.3, -0.25) is 4.79 Å². The molecule has 0 heterocycles. The van der Waals surface area contributed by atoms with Gasteiger partial charge in [0.1, 0.15) is 0 Å². The van der Waals surface area contributed by atoms with Crippen LogP contribution in [-0.4, -0.2) is 34.9 Å². The second kappa shape index (κ2) is 39.5. The molecule has 0 aromatic heterocycles. The third kappa shape index (κ3) is 35.4. The maximum Gasteiger partial charge on any atom is 0.220 e. The topological polar surface area (TPSA) is 69.6 Å². The standard InChI is InChI=1S/C44H79NO3/c1-3-5-7-9-11-13-15-17-18-19-20-21-22-23-24-25-26-28-30-32-34-36-38-40-44(48)45-42(41-46)43(47)39-37-35-33-31-29-27-16-14-12-10-8-6-4-2/h12,14,20-21,23-24,29,31,37,39,42-43,46-47H,3-11,13,15-19,22,25-28,30,32-36,38,40-41H2,1-2H3,(H,45,48)/b14-12+,21-20-,24-23-,31-29+,39-37+. The molecule has 4 nitrogen and oxygen atoms in total. The van der Waals surface area contributed by atoms with E-state index in [-0.39, 0.29) is 12.5 Å². The van der Waals surface area contributed by atoms with Crippen LogP contribution in [0, 0.1) is 0 Å². The molecule has 2 atom stereocenters. The summed E-state index contributed by atoms with van der Waals surface area (Å²) in [6, 6.07) is -0.650. The van der Waals surface area contributed by atoms with Crippen molar-refractivity contribution in [1.82, 2.24) is 5.32 Å². The number of hydrogen-bond donors (Lipinski definition) is 3. The molecule has 3 N–H and O–H groups in total. The fourth-order valence-electron chi connectivity index (χ4n) is 5.77.